The Morgan fingerprint density at radius 1 is 1.28 bits per heavy atom. The lowest BCUT2D eigenvalue weighted by Crippen LogP contribution is -2.52. The molecule has 4 rings (SSSR count). The first-order valence-electron chi connectivity index (χ1n) is 8.75. The van der Waals surface area contributed by atoms with Gasteiger partial charge in [-0.15, -0.1) is 5.10 Å². The molecule has 1 saturated carbocycles. The summed E-state index contributed by atoms with van der Waals surface area (Å²) < 4.78 is 15.2. The third-order valence-electron chi connectivity index (χ3n) is 5.02. The number of rotatable bonds is 3. The number of nitrogens with zero attached hydrogens (tertiary/aromatic N) is 5. The predicted molar refractivity (Wildman–Crippen MR) is 91.3 cm³/mol. The highest BCUT2D eigenvalue weighted by molar-refractivity contribution is 5.94. The fourth-order valence-corrected chi connectivity index (χ4v) is 3.54. The summed E-state index contributed by atoms with van der Waals surface area (Å²) >= 11 is 0. The Bertz CT molecular complexity index is 801. The van der Waals surface area contributed by atoms with Crippen molar-refractivity contribution in [3.63, 3.8) is 0 Å². The first-order chi connectivity index (χ1) is 12.0. The molecule has 0 bridgehead atoms. The second-order valence-electron chi connectivity index (χ2n) is 7.10. The highest BCUT2D eigenvalue weighted by Gasteiger charge is 2.37. The van der Waals surface area contributed by atoms with E-state index < -0.39 is 0 Å². The van der Waals surface area contributed by atoms with Gasteiger partial charge in [0.2, 0.25) is 0 Å². The van der Waals surface area contributed by atoms with Crippen LogP contribution in [0.1, 0.15) is 41.9 Å². The van der Waals surface area contributed by atoms with Gasteiger partial charge in [-0.1, -0.05) is 11.3 Å². The molecule has 1 amide bonds. The number of likely N-dealkylation sites (N-methyl/N-ethyl adjacent to an activating group) is 1. The Morgan fingerprint density at radius 2 is 2.08 bits per heavy atom. The quantitative estimate of drug-likeness (QED) is 0.856. The minimum atomic E-state index is -0.324. The molecule has 132 valence electrons. The van der Waals surface area contributed by atoms with Crippen LogP contribution in [0.3, 0.4) is 0 Å². The standard InChI is InChI=1S/C18H22FN5O/c1-12-11-22(2)8-9-23(12)18(25)16-17(13-6-7-13)24(21-20-16)15-5-3-4-14(19)10-15/h3-5,10,12-13H,6-9,11H2,1-2H3/t12-/m0/s1. The van der Waals surface area contributed by atoms with E-state index in [1.807, 2.05) is 4.90 Å². The Balaban J connectivity index is 1.70. The van der Waals surface area contributed by atoms with Crippen LogP contribution in [0.5, 0.6) is 0 Å². The molecule has 0 radical (unpaired) electrons. The summed E-state index contributed by atoms with van der Waals surface area (Å²) in [7, 11) is 2.06. The number of hydrogen-bond acceptors (Lipinski definition) is 4. The van der Waals surface area contributed by atoms with E-state index in [1.54, 1.807) is 16.8 Å². The van der Waals surface area contributed by atoms with Gasteiger partial charge in [0, 0.05) is 31.6 Å². The molecule has 1 aliphatic carbocycles. The lowest BCUT2D eigenvalue weighted by molar-refractivity contribution is 0.0526. The Labute approximate surface area is 146 Å². The average Bonchev–Trinajstić information content (AvgIpc) is 3.32. The van der Waals surface area contributed by atoms with Gasteiger partial charge < -0.3 is 9.80 Å². The van der Waals surface area contributed by atoms with Crippen LogP contribution in [0.25, 0.3) is 5.69 Å². The normalized spacial score (nSPS) is 21.6. The summed E-state index contributed by atoms with van der Waals surface area (Å²) in [5.74, 6) is -0.111. The second-order valence-corrected chi connectivity index (χ2v) is 7.10. The van der Waals surface area contributed by atoms with E-state index in [0.717, 1.165) is 31.6 Å². The number of carbonyl (C=O) groups excluding carboxylic acids is 1. The van der Waals surface area contributed by atoms with E-state index in [2.05, 4.69) is 29.2 Å². The summed E-state index contributed by atoms with van der Waals surface area (Å²) in [6.07, 6.45) is 2.03. The van der Waals surface area contributed by atoms with Crippen molar-refractivity contribution >= 4 is 5.91 Å². The monoisotopic (exact) mass is 343 g/mol. The van der Waals surface area contributed by atoms with Gasteiger partial charge in [0.15, 0.2) is 5.69 Å². The van der Waals surface area contributed by atoms with Crippen LogP contribution in [0, 0.1) is 5.82 Å². The number of piperazine rings is 1. The highest BCUT2D eigenvalue weighted by atomic mass is 19.1. The molecule has 1 atom stereocenters. The van der Waals surface area contributed by atoms with Crippen molar-refractivity contribution in [2.24, 2.45) is 0 Å². The highest BCUT2D eigenvalue weighted by Crippen LogP contribution is 2.42. The van der Waals surface area contributed by atoms with E-state index in [4.69, 9.17) is 0 Å². The van der Waals surface area contributed by atoms with Crippen molar-refractivity contribution in [3.05, 3.63) is 41.5 Å². The molecule has 0 spiro atoms. The zero-order chi connectivity index (χ0) is 17.6. The van der Waals surface area contributed by atoms with Gasteiger partial charge in [-0.3, -0.25) is 4.79 Å². The fraction of sp³-hybridized carbons (Fsp3) is 0.500. The fourth-order valence-electron chi connectivity index (χ4n) is 3.54. The number of halogens is 1. The van der Waals surface area contributed by atoms with Gasteiger partial charge in [0.1, 0.15) is 5.82 Å². The van der Waals surface area contributed by atoms with E-state index in [-0.39, 0.29) is 23.7 Å². The minimum absolute atomic E-state index is 0.0647. The summed E-state index contributed by atoms with van der Waals surface area (Å²) in [6.45, 7) is 4.45. The molecule has 1 aromatic carbocycles. The SMILES string of the molecule is C[C@H]1CN(C)CCN1C(=O)c1nnn(-c2cccc(F)c2)c1C1CC1. The lowest BCUT2D eigenvalue weighted by atomic mass is 10.1. The maximum Gasteiger partial charge on any atom is 0.276 e. The first-order valence-corrected chi connectivity index (χ1v) is 8.75. The molecule has 1 aromatic heterocycles. The van der Waals surface area contributed by atoms with Crippen molar-refractivity contribution < 1.29 is 9.18 Å². The van der Waals surface area contributed by atoms with E-state index in [9.17, 15) is 9.18 Å². The zero-order valence-corrected chi connectivity index (χ0v) is 14.5. The Hall–Kier alpha value is -2.28. The molecule has 2 aliphatic rings. The Kier molecular flexibility index (Phi) is 4.03. The molecule has 7 heteroatoms. The van der Waals surface area contributed by atoms with Crippen molar-refractivity contribution in [1.29, 1.82) is 0 Å². The number of carbonyl (C=O) groups is 1. The van der Waals surface area contributed by atoms with Gasteiger partial charge in [0.05, 0.1) is 11.4 Å². The van der Waals surface area contributed by atoms with Crippen molar-refractivity contribution in [2.75, 3.05) is 26.7 Å². The zero-order valence-electron chi connectivity index (χ0n) is 14.5. The molecule has 0 unspecified atom stereocenters. The molecule has 2 aromatic rings. The third-order valence-corrected chi connectivity index (χ3v) is 5.02. The second kappa shape index (κ2) is 6.22. The maximum atomic E-state index is 13.6. The molecule has 6 nitrogen and oxygen atoms in total. The molecule has 2 fully saturated rings. The van der Waals surface area contributed by atoms with Crippen LogP contribution in [0.2, 0.25) is 0 Å². The first kappa shape index (κ1) is 16.2. The molecule has 2 heterocycles. The summed E-state index contributed by atoms with van der Waals surface area (Å²) in [6, 6.07) is 6.39. The summed E-state index contributed by atoms with van der Waals surface area (Å²) in [5.41, 5.74) is 1.85. The molecule has 25 heavy (non-hydrogen) atoms. The van der Waals surface area contributed by atoms with Gasteiger partial charge in [-0.05, 0) is 45.0 Å². The third kappa shape index (κ3) is 3.04. The van der Waals surface area contributed by atoms with Crippen molar-refractivity contribution in [1.82, 2.24) is 24.8 Å². The summed E-state index contributed by atoms with van der Waals surface area (Å²) in [5, 5.41) is 8.38. The molecule has 1 aliphatic heterocycles. The van der Waals surface area contributed by atoms with E-state index in [0.29, 0.717) is 17.9 Å². The summed E-state index contributed by atoms with van der Waals surface area (Å²) in [4.78, 5) is 17.2. The van der Waals surface area contributed by atoms with Gasteiger partial charge in [-0.2, -0.15) is 0 Å². The lowest BCUT2D eigenvalue weighted by Gasteiger charge is -2.37. The average molecular weight is 343 g/mol. The van der Waals surface area contributed by atoms with Crippen LogP contribution < -0.4 is 0 Å². The van der Waals surface area contributed by atoms with E-state index >= 15 is 0 Å². The van der Waals surface area contributed by atoms with Crippen LogP contribution in [-0.4, -0.2) is 63.4 Å². The van der Waals surface area contributed by atoms with Crippen LogP contribution in [0.4, 0.5) is 4.39 Å². The van der Waals surface area contributed by atoms with Crippen LogP contribution >= 0.6 is 0 Å². The van der Waals surface area contributed by atoms with E-state index in [1.165, 1.54) is 12.1 Å². The van der Waals surface area contributed by atoms with Gasteiger partial charge in [0.25, 0.3) is 5.91 Å². The minimum Gasteiger partial charge on any atom is -0.332 e. The van der Waals surface area contributed by atoms with Gasteiger partial charge in [-0.25, -0.2) is 9.07 Å². The molecule has 0 N–H and O–H groups in total. The molecular weight excluding hydrogens is 321 g/mol. The maximum absolute atomic E-state index is 13.6. The number of hydrogen-bond donors (Lipinski definition) is 0. The number of amides is 1. The van der Waals surface area contributed by atoms with Gasteiger partial charge >= 0.3 is 0 Å². The van der Waals surface area contributed by atoms with Crippen molar-refractivity contribution in [2.45, 2.75) is 31.7 Å². The smallest absolute Gasteiger partial charge is 0.276 e. The predicted octanol–water partition coefficient (Wildman–Crippen LogP) is 2.06. The Morgan fingerprint density at radius 3 is 2.76 bits per heavy atom. The van der Waals surface area contributed by atoms with Crippen LogP contribution in [-0.2, 0) is 0 Å². The van der Waals surface area contributed by atoms with Crippen molar-refractivity contribution in [3.8, 4) is 5.69 Å². The molecular formula is C18H22FN5O. The molecule has 1 saturated heterocycles. The number of benzene rings is 1. The van der Waals surface area contributed by atoms with Crippen LogP contribution in [0.15, 0.2) is 24.3 Å². The largest absolute Gasteiger partial charge is 0.332 e. The number of aromatic nitrogens is 3. The topological polar surface area (TPSA) is 54.3 Å².